The Balaban J connectivity index is 1.40. The number of hydrogen-bond acceptors (Lipinski definition) is 7. The number of anilines is 2. The molecule has 1 aliphatic carbocycles. The first-order valence-electron chi connectivity index (χ1n) is 9.06. The van der Waals surface area contributed by atoms with E-state index in [-0.39, 0.29) is 17.7 Å². The van der Waals surface area contributed by atoms with Crippen molar-refractivity contribution in [3.8, 4) is 0 Å². The van der Waals surface area contributed by atoms with Crippen molar-refractivity contribution in [3.05, 3.63) is 60.6 Å². The van der Waals surface area contributed by atoms with Crippen LogP contribution in [-0.2, 0) is 4.74 Å². The second-order valence-electron chi connectivity index (χ2n) is 6.78. The lowest BCUT2D eigenvalue weighted by Gasteiger charge is -2.26. The van der Waals surface area contributed by atoms with Crippen LogP contribution >= 0.6 is 0 Å². The van der Waals surface area contributed by atoms with Gasteiger partial charge in [-0.25, -0.2) is 14.4 Å². The molecule has 1 aliphatic heterocycles. The van der Waals surface area contributed by atoms with Gasteiger partial charge in [-0.05, 0) is 30.4 Å². The molecular formula is C20H16FN7O. The summed E-state index contributed by atoms with van der Waals surface area (Å²) in [7, 11) is 0. The Morgan fingerprint density at radius 3 is 3.17 bits per heavy atom. The van der Waals surface area contributed by atoms with Crippen molar-refractivity contribution in [2.24, 2.45) is 10.9 Å². The van der Waals surface area contributed by atoms with Gasteiger partial charge in [-0.15, -0.1) is 0 Å². The molecule has 1 aromatic carbocycles. The molecule has 3 aromatic rings. The summed E-state index contributed by atoms with van der Waals surface area (Å²) in [6.45, 7) is 0. The minimum Gasteiger partial charge on any atom is -0.469 e. The van der Waals surface area contributed by atoms with Crippen molar-refractivity contribution in [2.75, 3.05) is 5.32 Å². The van der Waals surface area contributed by atoms with Gasteiger partial charge in [0.25, 0.3) is 0 Å². The Morgan fingerprint density at radius 1 is 1.31 bits per heavy atom. The monoisotopic (exact) mass is 389 g/mol. The predicted octanol–water partition coefficient (Wildman–Crippen LogP) is 4.17. The smallest absolute Gasteiger partial charge is 0.229 e. The molecular weight excluding hydrogens is 373 g/mol. The summed E-state index contributed by atoms with van der Waals surface area (Å²) in [5, 5.41) is 19.0. The number of benzene rings is 1. The molecule has 0 radical (unpaired) electrons. The lowest BCUT2D eigenvalue weighted by atomic mass is 9.87. The van der Waals surface area contributed by atoms with Crippen LogP contribution in [0.4, 0.5) is 21.8 Å². The van der Waals surface area contributed by atoms with Gasteiger partial charge in [0.05, 0.1) is 30.1 Å². The second-order valence-corrected chi connectivity index (χ2v) is 6.78. The van der Waals surface area contributed by atoms with Crippen molar-refractivity contribution in [1.29, 1.82) is 5.41 Å². The largest absolute Gasteiger partial charge is 0.469 e. The highest BCUT2D eigenvalue weighted by Crippen LogP contribution is 2.30. The SMILES string of the molecule is N=C1C=COC2=CCC(=Nc3nc(Nc4ccc5cn[nH]c5c4)ncc3F)CC12. The van der Waals surface area contributed by atoms with Crippen molar-refractivity contribution >= 4 is 39.8 Å². The lowest BCUT2D eigenvalue weighted by molar-refractivity contribution is 0.304. The molecule has 29 heavy (non-hydrogen) atoms. The van der Waals surface area contributed by atoms with Crippen molar-refractivity contribution in [1.82, 2.24) is 20.2 Å². The number of aromatic nitrogens is 4. The highest BCUT2D eigenvalue weighted by molar-refractivity contribution is 6.02. The number of nitrogens with one attached hydrogen (secondary N) is 3. The molecule has 5 rings (SSSR count). The highest BCUT2D eigenvalue weighted by atomic mass is 19.1. The predicted molar refractivity (Wildman–Crippen MR) is 107 cm³/mol. The summed E-state index contributed by atoms with van der Waals surface area (Å²) >= 11 is 0. The van der Waals surface area contributed by atoms with Gasteiger partial charge in [0, 0.05) is 35.3 Å². The van der Waals surface area contributed by atoms with Crippen LogP contribution in [-0.4, -0.2) is 31.6 Å². The fraction of sp³-hybridized carbons (Fsp3) is 0.150. The van der Waals surface area contributed by atoms with Gasteiger partial charge in [-0.1, -0.05) is 0 Å². The zero-order valence-electron chi connectivity index (χ0n) is 15.2. The maximum atomic E-state index is 14.3. The molecule has 2 aromatic heterocycles. The van der Waals surface area contributed by atoms with E-state index in [2.05, 4.69) is 30.5 Å². The van der Waals surface area contributed by atoms with Gasteiger partial charge in [0.2, 0.25) is 5.95 Å². The molecule has 0 amide bonds. The number of H-pyrrole nitrogens is 1. The van der Waals surface area contributed by atoms with Crippen LogP contribution in [0.5, 0.6) is 0 Å². The average molecular weight is 389 g/mol. The van der Waals surface area contributed by atoms with Crippen LogP contribution < -0.4 is 5.32 Å². The summed E-state index contributed by atoms with van der Waals surface area (Å²) < 4.78 is 19.7. The Kier molecular flexibility index (Phi) is 4.12. The Morgan fingerprint density at radius 2 is 2.24 bits per heavy atom. The van der Waals surface area contributed by atoms with E-state index >= 15 is 0 Å². The van der Waals surface area contributed by atoms with Crippen LogP contribution in [0, 0.1) is 17.1 Å². The normalized spacial score (nSPS) is 19.8. The standard InChI is InChI=1S/C20H16FN7O/c21-15-10-23-20(26-13-2-1-11-9-24-28-17(11)8-13)27-19(15)25-12-3-4-18-14(7-12)16(22)5-6-29-18/h1-2,4-6,8-10,14,22H,3,7H2,(H,24,28)(H,23,26,27). The second kappa shape index (κ2) is 6.93. The van der Waals surface area contributed by atoms with E-state index in [4.69, 9.17) is 10.1 Å². The Hall–Kier alpha value is -3.88. The number of aromatic amines is 1. The van der Waals surface area contributed by atoms with E-state index in [1.54, 1.807) is 12.3 Å². The van der Waals surface area contributed by atoms with E-state index in [1.807, 2.05) is 24.3 Å². The molecule has 0 fully saturated rings. The number of ether oxygens (including phenoxy) is 1. The fourth-order valence-corrected chi connectivity index (χ4v) is 3.36. The number of aliphatic imine (C=N–C) groups is 1. The minimum atomic E-state index is -0.600. The van der Waals surface area contributed by atoms with Crippen LogP contribution in [0.15, 0.2) is 59.8 Å². The first-order chi connectivity index (χ1) is 14.2. The van der Waals surface area contributed by atoms with Crippen LogP contribution in [0.3, 0.4) is 0 Å². The summed E-state index contributed by atoms with van der Waals surface area (Å²) in [5.74, 6) is 0.174. The van der Waals surface area contributed by atoms with Crippen molar-refractivity contribution < 1.29 is 9.13 Å². The van der Waals surface area contributed by atoms with Gasteiger partial charge in [-0.2, -0.15) is 10.1 Å². The first-order valence-corrected chi connectivity index (χ1v) is 9.06. The molecule has 0 bridgehead atoms. The fourth-order valence-electron chi connectivity index (χ4n) is 3.36. The van der Waals surface area contributed by atoms with Crippen molar-refractivity contribution in [2.45, 2.75) is 12.8 Å². The molecule has 1 unspecified atom stereocenters. The van der Waals surface area contributed by atoms with Crippen molar-refractivity contribution in [3.63, 3.8) is 0 Å². The molecule has 0 saturated carbocycles. The maximum absolute atomic E-state index is 14.3. The van der Waals surface area contributed by atoms with E-state index < -0.39 is 5.82 Å². The third-order valence-electron chi connectivity index (χ3n) is 4.84. The quantitative estimate of drug-likeness (QED) is 0.622. The van der Waals surface area contributed by atoms with Gasteiger partial charge >= 0.3 is 0 Å². The lowest BCUT2D eigenvalue weighted by Crippen LogP contribution is -2.25. The van der Waals surface area contributed by atoms with Crippen LogP contribution in [0.25, 0.3) is 10.9 Å². The number of rotatable bonds is 3. The molecule has 0 saturated heterocycles. The summed E-state index contributed by atoms with van der Waals surface area (Å²) in [4.78, 5) is 12.6. The molecule has 3 heterocycles. The topological polar surface area (TPSA) is 112 Å². The molecule has 8 nitrogen and oxygen atoms in total. The highest BCUT2D eigenvalue weighted by Gasteiger charge is 2.28. The molecule has 144 valence electrons. The molecule has 2 aliphatic rings. The molecule has 9 heteroatoms. The number of allylic oxidation sites excluding steroid dienone is 3. The number of halogens is 1. The first kappa shape index (κ1) is 17.2. The van der Waals surface area contributed by atoms with E-state index in [0.29, 0.717) is 18.6 Å². The zero-order valence-corrected chi connectivity index (χ0v) is 15.2. The summed E-state index contributed by atoms with van der Waals surface area (Å²) in [6, 6.07) is 5.65. The van der Waals surface area contributed by atoms with Crippen LogP contribution in [0.2, 0.25) is 0 Å². The van der Waals surface area contributed by atoms with Gasteiger partial charge in [-0.3, -0.25) is 5.10 Å². The third kappa shape index (κ3) is 3.38. The summed E-state index contributed by atoms with van der Waals surface area (Å²) in [5.41, 5.74) is 2.81. The molecule has 1 atom stereocenters. The zero-order chi connectivity index (χ0) is 19.8. The van der Waals surface area contributed by atoms with E-state index in [1.165, 1.54) is 6.26 Å². The minimum absolute atomic E-state index is 0.0317. The van der Waals surface area contributed by atoms with Crippen LogP contribution in [0.1, 0.15) is 12.8 Å². The average Bonchev–Trinajstić information content (AvgIpc) is 3.19. The maximum Gasteiger partial charge on any atom is 0.229 e. The third-order valence-corrected chi connectivity index (χ3v) is 4.84. The molecule has 3 N–H and O–H groups in total. The summed E-state index contributed by atoms with van der Waals surface area (Å²) in [6.07, 6.45) is 8.86. The number of hydrogen-bond donors (Lipinski definition) is 3. The van der Waals surface area contributed by atoms with Gasteiger partial charge < -0.3 is 15.5 Å². The number of fused-ring (bicyclic) bond motifs is 2. The molecule has 0 spiro atoms. The number of nitrogens with zero attached hydrogens (tertiary/aromatic N) is 4. The van der Waals surface area contributed by atoms with Gasteiger partial charge in [0.15, 0.2) is 11.6 Å². The Labute approximate surface area is 164 Å². The van der Waals surface area contributed by atoms with E-state index in [0.717, 1.165) is 34.3 Å². The van der Waals surface area contributed by atoms with E-state index in [9.17, 15) is 4.39 Å². The Bertz CT molecular complexity index is 1210. The van der Waals surface area contributed by atoms with Gasteiger partial charge in [0.1, 0.15) is 5.76 Å².